The van der Waals surface area contributed by atoms with E-state index in [0.29, 0.717) is 0 Å². The zero-order valence-corrected chi connectivity index (χ0v) is 10.4. The summed E-state index contributed by atoms with van der Waals surface area (Å²) >= 11 is 0. The Labute approximate surface area is 90.8 Å². The summed E-state index contributed by atoms with van der Waals surface area (Å²) < 4.78 is 0. The lowest BCUT2D eigenvalue weighted by Crippen LogP contribution is -1.98. The van der Waals surface area contributed by atoms with Crippen molar-refractivity contribution in [3.63, 3.8) is 0 Å². The Morgan fingerprint density at radius 3 is 2.21 bits per heavy atom. The number of allylic oxidation sites excluding steroid dienone is 2. The minimum Gasteiger partial charge on any atom is -0.0888 e. The number of rotatable bonds is 9. The van der Waals surface area contributed by atoms with Gasteiger partial charge in [-0.25, -0.2) is 0 Å². The molecule has 0 heterocycles. The van der Waals surface area contributed by atoms with Crippen LogP contribution in [0.25, 0.3) is 0 Å². The lowest BCUT2D eigenvalue weighted by molar-refractivity contribution is 0.411. The summed E-state index contributed by atoms with van der Waals surface area (Å²) in [6.07, 6.45) is 15.5. The Morgan fingerprint density at radius 2 is 1.64 bits per heavy atom. The molecule has 0 rings (SSSR count). The summed E-state index contributed by atoms with van der Waals surface area (Å²) in [5.41, 5.74) is 0. The molecular weight excluding hydrogens is 168 g/mol. The van der Waals surface area contributed by atoms with Gasteiger partial charge in [0.05, 0.1) is 0 Å². The van der Waals surface area contributed by atoms with Gasteiger partial charge in [0.15, 0.2) is 0 Å². The molecule has 84 valence electrons. The van der Waals surface area contributed by atoms with Gasteiger partial charge in [0, 0.05) is 0 Å². The zero-order valence-electron chi connectivity index (χ0n) is 10.4. The molecule has 0 nitrogen and oxygen atoms in total. The van der Waals surface area contributed by atoms with Crippen LogP contribution >= 0.6 is 0 Å². The minimum absolute atomic E-state index is 0.991. The van der Waals surface area contributed by atoms with Crippen molar-refractivity contribution in [3.05, 3.63) is 12.2 Å². The average Bonchev–Trinajstić information content (AvgIpc) is 2.22. The van der Waals surface area contributed by atoms with E-state index >= 15 is 0 Å². The Balaban J connectivity index is 3.37. The smallest absolute Gasteiger partial charge is 0.0351 e. The first-order valence-electron chi connectivity index (χ1n) is 6.50. The molecule has 0 aliphatic rings. The summed E-state index contributed by atoms with van der Waals surface area (Å²) in [6, 6.07) is 0. The van der Waals surface area contributed by atoms with Crippen LogP contribution in [-0.2, 0) is 0 Å². The SMILES string of the molecule is CCC=CCCCC(CC)CCCC. The maximum Gasteiger partial charge on any atom is -0.0351 e. The topological polar surface area (TPSA) is 0 Å². The van der Waals surface area contributed by atoms with Crippen molar-refractivity contribution in [2.45, 2.75) is 72.1 Å². The molecule has 0 N–H and O–H groups in total. The molecule has 0 fully saturated rings. The second-order valence-corrected chi connectivity index (χ2v) is 4.23. The van der Waals surface area contributed by atoms with Crippen LogP contribution in [0.15, 0.2) is 12.2 Å². The molecule has 0 aromatic rings. The fraction of sp³-hybridized carbons (Fsp3) is 0.857. The number of hydrogen-bond donors (Lipinski definition) is 0. The van der Waals surface area contributed by atoms with E-state index in [2.05, 4.69) is 32.9 Å². The normalized spacial score (nSPS) is 13.6. The van der Waals surface area contributed by atoms with E-state index in [1.807, 2.05) is 0 Å². The maximum absolute atomic E-state index is 2.34. The van der Waals surface area contributed by atoms with Crippen LogP contribution in [0.3, 0.4) is 0 Å². The summed E-state index contributed by atoms with van der Waals surface area (Å²) in [5, 5.41) is 0. The fourth-order valence-electron chi connectivity index (χ4n) is 1.85. The first-order chi connectivity index (χ1) is 6.85. The first-order valence-corrected chi connectivity index (χ1v) is 6.50. The van der Waals surface area contributed by atoms with E-state index in [1.165, 1.54) is 51.4 Å². The Bertz CT molecular complexity index is 124. The van der Waals surface area contributed by atoms with Crippen molar-refractivity contribution in [1.29, 1.82) is 0 Å². The van der Waals surface area contributed by atoms with Gasteiger partial charge in [0.25, 0.3) is 0 Å². The molecular formula is C14H28. The highest BCUT2D eigenvalue weighted by atomic mass is 14.1. The largest absolute Gasteiger partial charge is 0.0888 e. The van der Waals surface area contributed by atoms with Crippen molar-refractivity contribution in [1.82, 2.24) is 0 Å². The van der Waals surface area contributed by atoms with Crippen LogP contribution < -0.4 is 0 Å². The van der Waals surface area contributed by atoms with Crippen molar-refractivity contribution in [2.75, 3.05) is 0 Å². The standard InChI is InChI=1S/C14H28/c1-4-7-9-10-11-13-14(6-3)12-8-5-2/h7,9,14H,4-6,8,10-13H2,1-3H3. The Kier molecular flexibility index (Phi) is 10.6. The lowest BCUT2D eigenvalue weighted by Gasteiger charge is -2.13. The Hall–Kier alpha value is -0.260. The predicted molar refractivity (Wildman–Crippen MR) is 66.6 cm³/mol. The molecule has 0 amide bonds. The van der Waals surface area contributed by atoms with Crippen LogP contribution in [0.5, 0.6) is 0 Å². The molecule has 0 bridgehead atoms. The predicted octanol–water partition coefficient (Wildman–Crippen LogP) is 5.34. The quantitative estimate of drug-likeness (QED) is 0.345. The van der Waals surface area contributed by atoms with Crippen molar-refractivity contribution >= 4 is 0 Å². The summed E-state index contributed by atoms with van der Waals surface area (Å²) in [7, 11) is 0. The third-order valence-electron chi connectivity index (χ3n) is 2.93. The maximum atomic E-state index is 2.34. The molecule has 0 aliphatic heterocycles. The second kappa shape index (κ2) is 10.8. The summed E-state index contributed by atoms with van der Waals surface area (Å²) in [4.78, 5) is 0. The van der Waals surface area contributed by atoms with Gasteiger partial charge in [-0.15, -0.1) is 0 Å². The van der Waals surface area contributed by atoms with Gasteiger partial charge in [-0.2, -0.15) is 0 Å². The minimum atomic E-state index is 0.991. The van der Waals surface area contributed by atoms with E-state index in [4.69, 9.17) is 0 Å². The van der Waals surface area contributed by atoms with Gasteiger partial charge in [0.2, 0.25) is 0 Å². The van der Waals surface area contributed by atoms with Crippen molar-refractivity contribution < 1.29 is 0 Å². The van der Waals surface area contributed by atoms with Gasteiger partial charge in [-0.1, -0.05) is 65.0 Å². The molecule has 0 heteroatoms. The van der Waals surface area contributed by atoms with Crippen molar-refractivity contribution in [3.8, 4) is 0 Å². The molecule has 0 saturated heterocycles. The molecule has 0 aromatic carbocycles. The third-order valence-corrected chi connectivity index (χ3v) is 2.93. The number of hydrogen-bond acceptors (Lipinski definition) is 0. The average molecular weight is 196 g/mol. The van der Waals surface area contributed by atoms with Crippen LogP contribution in [-0.4, -0.2) is 0 Å². The van der Waals surface area contributed by atoms with Gasteiger partial charge in [0.1, 0.15) is 0 Å². The van der Waals surface area contributed by atoms with Gasteiger partial charge in [-0.3, -0.25) is 0 Å². The van der Waals surface area contributed by atoms with Crippen molar-refractivity contribution in [2.24, 2.45) is 5.92 Å². The van der Waals surface area contributed by atoms with Gasteiger partial charge >= 0.3 is 0 Å². The molecule has 14 heavy (non-hydrogen) atoms. The van der Waals surface area contributed by atoms with Crippen LogP contribution in [0, 0.1) is 5.92 Å². The van der Waals surface area contributed by atoms with Crippen LogP contribution in [0.4, 0.5) is 0 Å². The Morgan fingerprint density at radius 1 is 0.929 bits per heavy atom. The van der Waals surface area contributed by atoms with Gasteiger partial charge < -0.3 is 0 Å². The van der Waals surface area contributed by atoms with Gasteiger partial charge in [-0.05, 0) is 25.2 Å². The fourth-order valence-corrected chi connectivity index (χ4v) is 1.85. The third kappa shape index (κ3) is 8.34. The van der Waals surface area contributed by atoms with E-state index in [-0.39, 0.29) is 0 Å². The highest BCUT2D eigenvalue weighted by Crippen LogP contribution is 2.19. The van der Waals surface area contributed by atoms with Crippen LogP contribution in [0.1, 0.15) is 72.1 Å². The van der Waals surface area contributed by atoms with E-state index < -0.39 is 0 Å². The summed E-state index contributed by atoms with van der Waals surface area (Å²) in [6.45, 7) is 6.82. The first kappa shape index (κ1) is 13.7. The molecule has 0 radical (unpaired) electrons. The van der Waals surface area contributed by atoms with E-state index in [1.54, 1.807) is 0 Å². The second-order valence-electron chi connectivity index (χ2n) is 4.23. The molecule has 0 saturated carbocycles. The molecule has 0 aromatic heterocycles. The molecule has 1 atom stereocenters. The highest BCUT2D eigenvalue weighted by Gasteiger charge is 2.03. The van der Waals surface area contributed by atoms with Crippen LogP contribution in [0.2, 0.25) is 0 Å². The molecule has 0 spiro atoms. The highest BCUT2D eigenvalue weighted by molar-refractivity contribution is 4.80. The monoisotopic (exact) mass is 196 g/mol. The van der Waals surface area contributed by atoms with E-state index in [9.17, 15) is 0 Å². The molecule has 1 unspecified atom stereocenters. The zero-order chi connectivity index (χ0) is 10.6. The summed E-state index contributed by atoms with van der Waals surface area (Å²) in [5.74, 6) is 0.991. The lowest BCUT2D eigenvalue weighted by atomic mass is 9.93. The number of unbranched alkanes of at least 4 members (excludes halogenated alkanes) is 2. The van der Waals surface area contributed by atoms with E-state index in [0.717, 1.165) is 5.92 Å². The molecule has 0 aliphatic carbocycles.